The zero-order chi connectivity index (χ0) is 19.5. The molecule has 1 aromatic rings. The second kappa shape index (κ2) is 7.37. The van der Waals surface area contributed by atoms with Gasteiger partial charge in [0.15, 0.2) is 0 Å². The summed E-state index contributed by atoms with van der Waals surface area (Å²) in [6.07, 6.45) is -7.18. The van der Waals surface area contributed by atoms with Crippen molar-refractivity contribution >= 4 is 17.4 Å². The number of methoxy groups -OCH3 is 1. The van der Waals surface area contributed by atoms with Gasteiger partial charge < -0.3 is 9.47 Å². The van der Waals surface area contributed by atoms with Crippen LogP contribution in [0, 0.1) is 0 Å². The van der Waals surface area contributed by atoms with Crippen LogP contribution < -0.4 is 4.74 Å². The molecule has 140 valence electrons. The summed E-state index contributed by atoms with van der Waals surface area (Å²) in [5, 5.41) is 0. The molecule has 0 aliphatic heterocycles. The van der Waals surface area contributed by atoms with E-state index in [1.54, 1.807) is 0 Å². The van der Waals surface area contributed by atoms with Gasteiger partial charge >= 0.3 is 18.1 Å². The molecule has 0 heterocycles. The number of hydrogen-bond donors (Lipinski definition) is 0. The quantitative estimate of drug-likeness (QED) is 0.431. The summed E-state index contributed by atoms with van der Waals surface area (Å²) in [5.74, 6) is -6.14. The molecular weight excluding hydrogens is 349 g/mol. The van der Waals surface area contributed by atoms with Crippen molar-refractivity contribution in [2.45, 2.75) is 44.9 Å². The van der Waals surface area contributed by atoms with Crippen molar-refractivity contribution in [1.82, 2.24) is 0 Å². The van der Waals surface area contributed by atoms with E-state index in [0.29, 0.717) is 5.75 Å². The molecule has 1 aromatic carbocycles. The second-order valence-electron chi connectivity index (χ2n) is 6.09. The molecule has 0 aliphatic carbocycles. The molecule has 0 atom stereocenters. The molecule has 0 fully saturated rings. The highest BCUT2D eigenvalue weighted by Gasteiger charge is 2.61. The minimum atomic E-state index is -5.89. The summed E-state index contributed by atoms with van der Waals surface area (Å²) in [4.78, 5) is 15.0. The maximum atomic E-state index is 13.7. The van der Waals surface area contributed by atoms with Crippen molar-refractivity contribution in [3.8, 4) is 5.75 Å². The third-order valence-electron chi connectivity index (χ3n) is 2.79. The first-order chi connectivity index (χ1) is 11.3. The molecule has 0 aromatic heterocycles. The number of nitrogens with zero attached hydrogens (tertiary/aromatic N) is 1. The van der Waals surface area contributed by atoms with E-state index >= 15 is 0 Å². The first kappa shape index (κ1) is 20.9. The summed E-state index contributed by atoms with van der Waals surface area (Å²) in [7, 11) is 1.37. The predicted octanol–water partition coefficient (Wildman–Crippen LogP) is 4.70. The van der Waals surface area contributed by atoms with Crippen LogP contribution in [0.2, 0.25) is 0 Å². The van der Waals surface area contributed by atoms with Crippen LogP contribution >= 0.6 is 0 Å². The first-order valence-electron chi connectivity index (χ1n) is 7.15. The average molecular weight is 367 g/mol. The van der Waals surface area contributed by atoms with Gasteiger partial charge in [0, 0.05) is 0 Å². The SMILES string of the molecule is COc1ccc(N=C(CC(=O)OC(C)(C)C)C(F)(F)C(F)(F)F)cc1. The van der Waals surface area contributed by atoms with Crippen LogP contribution in [0.3, 0.4) is 0 Å². The Labute approximate surface area is 141 Å². The van der Waals surface area contributed by atoms with E-state index in [2.05, 4.69) is 4.99 Å². The minimum Gasteiger partial charge on any atom is -0.497 e. The lowest BCUT2D eigenvalue weighted by Crippen LogP contribution is -2.45. The molecule has 9 heteroatoms. The molecular formula is C16H18F5NO3. The zero-order valence-corrected chi connectivity index (χ0v) is 14.1. The van der Waals surface area contributed by atoms with Crippen LogP contribution in [0.4, 0.5) is 27.6 Å². The number of alkyl halides is 5. The van der Waals surface area contributed by atoms with Crippen molar-refractivity contribution in [2.75, 3.05) is 7.11 Å². The Morgan fingerprint density at radius 3 is 1.96 bits per heavy atom. The molecule has 0 spiro atoms. The monoisotopic (exact) mass is 367 g/mol. The number of carbonyl (C=O) groups excluding carboxylic acids is 1. The van der Waals surface area contributed by atoms with Gasteiger partial charge in [0.1, 0.15) is 17.1 Å². The Bertz CT molecular complexity index is 631. The van der Waals surface area contributed by atoms with Gasteiger partial charge in [-0.15, -0.1) is 0 Å². The highest BCUT2D eigenvalue weighted by atomic mass is 19.4. The molecule has 0 amide bonds. The maximum absolute atomic E-state index is 13.7. The topological polar surface area (TPSA) is 47.9 Å². The lowest BCUT2D eigenvalue weighted by atomic mass is 10.1. The Hall–Kier alpha value is -2.19. The number of carbonyl (C=O) groups is 1. The Balaban J connectivity index is 3.22. The van der Waals surface area contributed by atoms with Crippen LogP contribution in [0.15, 0.2) is 29.3 Å². The normalized spacial score (nSPS) is 13.6. The van der Waals surface area contributed by atoms with E-state index in [9.17, 15) is 26.7 Å². The summed E-state index contributed by atoms with van der Waals surface area (Å²) < 4.78 is 75.2. The fourth-order valence-corrected chi connectivity index (χ4v) is 1.71. The summed E-state index contributed by atoms with van der Waals surface area (Å²) in [6.45, 7) is 4.40. The second-order valence-corrected chi connectivity index (χ2v) is 6.09. The van der Waals surface area contributed by atoms with E-state index in [1.807, 2.05) is 0 Å². The number of esters is 1. The number of aliphatic imine (C=N–C) groups is 1. The first-order valence-corrected chi connectivity index (χ1v) is 7.15. The smallest absolute Gasteiger partial charge is 0.459 e. The third-order valence-corrected chi connectivity index (χ3v) is 2.79. The van der Waals surface area contributed by atoms with E-state index in [1.165, 1.54) is 52.1 Å². The third kappa shape index (κ3) is 5.99. The standard InChI is InChI=1S/C16H18F5NO3/c1-14(2,3)25-13(23)9-12(15(17,18)16(19,20)21)22-10-5-7-11(24-4)8-6-10/h5-8H,9H2,1-4H3. The Morgan fingerprint density at radius 1 is 1.04 bits per heavy atom. The van der Waals surface area contributed by atoms with Crippen LogP contribution in [-0.2, 0) is 9.53 Å². The molecule has 0 radical (unpaired) electrons. The zero-order valence-electron chi connectivity index (χ0n) is 14.1. The van der Waals surface area contributed by atoms with Gasteiger partial charge in [-0.05, 0) is 45.0 Å². The lowest BCUT2D eigenvalue weighted by molar-refractivity contribution is -0.249. The van der Waals surface area contributed by atoms with E-state index < -0.39 is 35.8 Å². The number of halogens is 5. The molecule has 0 saturated carbocycles. The molecule has 0 bridgehead atoms. The molecule has 0 aliphatic rings. The number of hydrogen-bond acceptors (Lipinski definition) is 4. The fraction of sp³-hybridized carbons (Fsp3) is 0.500. The number of rotatable bonds is 5. The molecule has 0 saturated heterocycles. The average Bonchev–Trinajstić information content (AvgIpc) is 2.44. The van der Waals surface area contributed by atoms with Crippen LogP contribution in [0.5, 0.6) is 5.75 Å². The van der Waals surface area contributed by atoms with Gasteiger partial charge in [-0.25, -0.2) is 0 Å². The largest absolute Gasteiger partial charge is 0.497 e. The van der Waals surface area contributed by atoms with Crippen molar-refractivity contribution in [1.29, 1.82) is 0 Å². The highest BCUT2D eigenvalue weighted by Crippen LogP contribution is 2.38. The Kier molecular flexibility index (Phi) is 6.14. The molecule has 0 unspecified atom stereocenters. The number of ether oxygens (including phenoxy) is 2. The lowest BCUT2D eigenvalue weighted by Gasteiger charge is -2.23. The van der Waals surface area contributed by atoms with Gasteiger partial charge in [0.2, 0.25) is 0 Å². The summed E-state index contributed by atoms with van der Waals surface area (Å²) in [5.41, 5.74) is -2.85. The van der Waals surface area contributed by atoms with Crippen LogP contribution in [0.25, 0.3) is 0 Å². The fourth-order valence-electron chi connectivity index (χ4n) is 1.71. The minimum absolute atomic E-state index is 0.178. The summed E-state index contributed by atoms with van der Waals surface area (Å²) >= 11 is 0. The molecule has 4 nitrogen and oxygen atoms in total. The van der Waals surface area contributed by atoms with Gasteiger partial charge in [0.25, 0.3) is 0 Å². The number of benzene rings is 1. The van der Waals surface area contributed by atoms with Gasteiger partial charge in [-0.2, -0.15) is 22.0 Å². The summed E-state index contributed by atoms with van der Waals surface area (Å²) in [6, 6.07) is 5.08. The Morgan fingerprint density at radius 2 is 1.56 bits per heavy atom. The predicted molar refractivity (Wildman–Crippen MR) is 81.6 cm³/mol. The van der Waals surface area contributed by atoms with Crippen molar-refractivity contribution in [2.24, 2.45) is 4.99 Å². The van der Waals surface area contributed by atoms with Gasteiger partial charge in [-0.1, -0.05) is 0 Å². The van der Waals surface area contributed by atoms with Crippen molar-refractivity contribution in [3.05, 3.63) is 24.3 Å². The van der Waals surface area contributed by atoms with Gasteiger partial charge in [-0.3, -0.25) is 9.79 Å². The maximum Gasteiger partial charge on any atom is 0.459 e. The van der Waals surface area contributed by atoms with E-state index in [4.69, 9.17) is 9.47 Å². The molecule has 0 N–H and O–H groups in total. The van der Waals surface area contributed by atoms with Crippen LogP contribution in [0.1, 0.15) is 27.2 Å². The van der Waals surface area contributed by atoms with Crippen molar-refractivity contribution < 1.29 is 36.2 Å². The van der Waals surface area contributed by atoms with E-state index in [0.717, 1.165) is 0 Å². The highest BCUT2D eigenvalue weighted by molar-refractivity contribution is 6.04. The molecule has 25 heavy (non-hydrogen) atoms. The van der Waals surface area contributed by atoms with E-state index in [-0.39, 0.29) is 5.69 Å². The molecule has 1 rings (SSSR count). The van der Waals surface area contributed by atoms with Crippen molar-refractivity contribution in [3.63, 3.8) is 0 Å². The van der Waals surface area contributed by atoms with Gasteiger partial charge in [0.05, 0.1) is 19.2 Å². The van der Waals surface area contributed by atoms with Crippen LogP contribution in [-0.4, -0.2) is 36.5 Å².